The first-order valence-electron chi connectivity index (χ1n) is 6.14. The molecule has 1 heteroatoms. The van der Waals surface area contributed by atoms with E-state index in [9.17, 15) is 4.79 Å². The minimum Gasteiger partial charge on any atom is -0.300 e. The molecule has 0 spiro atoms. The number of ketones is 1. The highest BCUT2D eigenvalue weighted by atomic mass is 16.1. The molecule has 2 rings (SSSR count). The van der Waals surface area contributed by atoms with Crippen molar-refractivity contribution in [3.8, 4) is 0 Å². The van der Waals surface area contributed by atoms with E-state index in [1.807, 2.05) is 0 Å². The van der Waals surface area contributed by atoms with Gasteiger partial charge >= 0.3 is 0 Å². The summed E-state index contributed by atoms with van der Waals surface area (Å²) in [7, 11) is 0. The Morgan fingerprint density at radius 1 is 1.47 bits per heavy atom. The summed E-state index contributed by atoms with van der Waals surface area (Å²) < 4.78 is 0. The summed E-state index contributed by atoms with van der Waals surface area (Å²) in [5.41, 5.74) is 1.90. The molecule has 3 unspecified atom stereocenters. The maximum absolute atomic E-state index is 11.7. The number of rotatable bonds is 1. The lowest BCUT2D eigenvalue weighted by molar-refractivity contribution is -0.122. The molecule has 1 nitrogen and oxygen atoms in total. The standard InChI is InChI=1S/C14H22O/c1-9-8-14(3,4)12-7-5-6-11(10(2)15)13(9)12/h7,9,11,13H,5-6,8H2,1-4H3. The number of hydrogen-bond acceptors (Lipinski definition) is 1. The second-order valence-corrected chi connectivity index (χ2v) is 6.05. The van der Waals surface area contributed by atoms with Crippen molar-refractivity contribution in [1.82, 2.24) is 0 Å². The van der Waals surface area contributed by atoms with Gasteiger partial charge in [0.15, 0.2) is 0 Å². The van der Waals surface area contributed by atoms with Crippen LogP contribution in [0.2, 0.25) is 0 Å². The van der Waals surface area contributed by atoms with E-state index in [1.165, 1.54) is 6.42 Å². The summed E-state index contributed by atoms with van der Waals surface area (Å²) >= 11 is 0. The smallest absolute Gasteiger partial charge is 0.133 e. The summed E-state index contributed by atoms with van der Waals surface area (Å²) in [5.74, 6) is 1.93. The van der Waals surface area contributed by atoms with Gasteiger partial charge in [-0.2, -0.15) is 0 Å². The Morgan fingerprint density at radius 2 is 2.13 bits per heavy atom. The van der Waals surface area contributed by atoms with Crippen LogP contribution in [-0.4, -0.2) is 5.78 Å². The van der Waals surface area contributed by atoms with Crippen LogP contribution in [-0.2, 0) is 4.79 Å². The van der Waals surface area contributed by atoms with Gasteiger partial charge in [0.1, 0.15) is 5.78 Å². The third-order valence-electron chi connectivity index (χ3n) is 4.38. The Morgan fingerprint density at radius 3 is 2.73 bits per heavy atom. The van der Waals surface area contributed by atoms with Crippen LogP contribution in [0.3, 0.4) is 0 Å². The molecule has 0 amide bonds. The molecule has 3 atom stereocenters. The van der Waals surface area contributed by atoms with Crippen molar-refractivity contribution in [3.05, 3.63) is 11.6 Å². The normalized spacial score (nSPS) is 38.4. The fourth-order valence-electron chi connectivity index (χ4n) is 3.89. The molecule has 0 N–H and O–H groups in total. The molecule has 0 aliphatic heterocycles. The van der Waals surface area contributed by atoms with E-state index in [0.29, 0.717) is 29.0 Å². The first-order valence-corrected chi connectivity index (χ1v) is 6.14. The Bertz CT molecular complexity index is 311. The summed E-state index contributed by atoms with van der Waals surface area (Å²) in [6.45, 7) is 8.75. The lowest BCUT2D eigenvalue weighted by Gasteiger charge is -2.32. The van der Waals surface area contributed by atoms with E-state index in [2.05, 4.69) is 26.8 Å². The van der Waals surface area contributed by atoms with Crippen molar-refractivity contribution >= 4 is 5.78 Å². The second-order valence-electron chi connectivity index (χ2n) is 6.05. The van der Waals surface area contributed by atoms with Gasteiger partial charge in [-0.05, 0) is 43.4 Å². The van der Waals surface area contributed by atoms with Crippen LogP contribution in [0.15, 0.2) is 11.6 Å². The van der Waals surface area contributed by atoms with Gasteiger partial charge in [0, 0.05) is 5.92 Å². The van der Waals surface area contributed by atoms with Crippen LogP contribution in [0.25, 0.3) is 0 Å². The predicted molar refractivity (Wildman–Crippen MR) is 62.5 cm³/mol. The minimum absolute atomic E-state index is 0.307. The largest absolute Gasteiger partial charge is 0.300 e. The molecule has 2 aliphatic carbocycles. The van der Waals surface area contributed by atoms with Crippen molar-refractivity contribution in [2.24, 2.45) is 23.2 Å². The molecule has 0 saturated heterocycles. The van der Waals surface area contributed by atoms with Gasteiger partial charge in [0.05, 0.1) is 0 Å². The fourth-order valence-corrected chi connectivity index (χ4v) is 3.89. The van der Waals surface area contributed by atoms with Crippen molar-refractivity contribution in [3.63, 3.8) is 0 Å². The number of carbonyl (C=O) groups excluding carboxylic acids is 1. The van der Waals surface area contributed by atoms with Crippen LogP contribution >= 0.6 is 0 Å². The first-order chi connectivity index (χ1) is 6.93. The molecular formula is C14H22O. The highest BCUT2D eigenvalue weighted by Crippen LogP contribution is 2.55. The average molecular weight is 206 g/mol. The number of hydrogen-bond donors (Lipinski definition) is 0. The SMILES string of the molecule is CC(=O)C1CCC=C2C1C(C)CC2(C)C. The topological polar surface area (TPSA) is 17.1 Å². The fraction of sp³-hybridized carbons (Fsp3) is 0.786. The van der Waals surface area contributed by atoms with Crippen LogP contribution in [0.4, 0.5) is 0 Å². The molecule has 0 radical (unpaired) electrons. The Kier molecular flexibility index (Phi) is 2.52. The van der Waals surface area contributed by atoms with Crippen LogP contribution < -0.4 is 0 Å². The quantitative estimate of drug-likeness (QED) is 0.599. The molecule has 0 heterocycles. The highest BCUT2D eigenvalue weighted by Gasteiger charge is 2.46. The van der Waals surface area contributed by atoms with Gasteiger partial charge < -0.3 is 0 Å². The maximum atomic E-state index is 11.7. The van der Waals surface area contributed by atoms with Crippen molar-refractivity contribution < 1.29 is 4.79 Å². The maximum Gasteiger partial charge on any atom is 0.133 e. The summed E-state index contributed by atoms with van der Waals surface area (Å²) in [4.78, 5) is 11.7. The Balaban J connectivity index is 2.35. The summed E-state index contributed by atoms with van der Waals surface area (Å²) in [5, 5.41) is 0. The summed E-state index contributed by atoms with van der Waals surface area (Å²) in [6.07, 6.45) is 5.83. The molecule has 84 valence electrons. The predicted octanol–water partition coefficient (Wildman–Crippen LogP) is 3.59. The highest BCUT2D eigenvalue weighted by molar-refractivity contribution is 5.79. The molecular weight excluding hydrogens is 184 g/mol. The molecule has 1 fully saturated rings. The van der Waals surface area contributed by atoms with Gasteiger partial charge in [-0.3, -0.25) is 4.79 Å². The lowest BCUT2D eigenvalue weighted by atomic mass is 9.72. The molecule has 0 aromatic rings. The zero-order chi connectivity index (χ0) is 11.2. The van der Waals surface area contributed by atoms with Crippen molar-refractivity contribution in [2.45, 2.75) is 47.0 Å². The zero-order valence-corrected chi connectivity index (χ0v) is 10.3. The van der Waals surface area contributed by atoms with E-state index in [4.69, 9.17) is 0 Å². The van der Waals surface area contributed by atoms with Gasteiger partial charge in [-0.25, -0.2) is 0 Å². The first kappa shape index (κ1) is 10.9. The number of carbonyl (C=O) groups is 1. The second kappa shape index (κ2) is 3.47. The monoisotopic (exact) mass is 206 g/mol. The minimum atomic E-state index is 0.307. The molecule has 1 saturated carbocycles. The van der Waals surface area contributed by atoms with Gasteiger partial charge in [0.25, 0.3) is 0 Å². The van der Waals surface area contributed by atoms with Crippen molar-refractivity contribution in [2.75, 3.05) is 0 Å². The van der Waals surface area contributed by atoms with E-state index in [0.717, 1.165) is 12.8 Å². The average Bonchev–Trinajstić information content (AvgIpc) is 2.37. The van der Waals surface area contributed by atoms with Crippen molar-refractivity contribution in [1.29, 1.82) is 0 Å². The molecule has 2 aliphatic rings. The van der Waals surface area contributed by atoms with Crippen LogP contribution in [0, 0.1) is 23.2 Å². The number of fused-ring (bicyclic) bond motifs is 1. The lowest BCUT2D eigenvalue weighted by Crippen LogP contribution is -2.28. The number of Topliss-reactive ketones (excluding diaryl/α,β-unsaturated/α-hetero) is 1. The van der Waals surface area contributed by atoms with E-state index in [-0.39, 0.29) is 0 Å². The van der Waals surface area contributed by atoms with Gasteiger partial charge in [-0.15, -0.1) is 0 Å². The van der Waals surface area contributed by atoms with E-state index < -0.39 is 0 Å². The Labute approximate surface area is 92.9 Å². The van der Waals surface area contributed by atoms with Gasteiger partial charge in [-0.1, -0.05) is 32.4 Å². The number of allylic oxidation sites excluding steroid dienone is 2. The molecule has 0 bridgehead atoms. The van der Waals surface area contributed by atoms with E-state index >= 15 is 0 Å². The molecule has 0 aromatic carbocycles. The zero-order valence-electron chi connectivity index (χ0n) is 10.3. The Hall–Kier alpha value is -0.590. The van der Waals surface area contributed by atoms with Crippen LogP contribution in [0.1, 0.15) is 47.0 Å². The van der Waals surface area contributed by atoms with Gasteiger partial charge in [0.2, 0.25) is 0 Å². The summed E-state index contributed by atoms with van der Waals surface area (Å²) in [6, 6.07) is 0. The third kappa shape index (κ3) is 1.66. The molecule has 15 heavy (non-hydrogen) atoms. The molecule has 0 aromatic heterocycles. The third-order valence-corrected chi connectivity index (χ3v) is 4.38. The van der Waals surface area contributed by atoms with Crippen LogP contribution in [0.5, 0.6) is 0 Å². The van der Waals surface area contributed by atoms with E-state index in [1.54, 1.807) is 12.5 Å².